The molecule has 0 aliphatic carbocycles. The van der Waals surface area contributed by atoms with Crippen molar-refractivity contribution in [2.45, 2.75) is 59.5 Å². The first-order valence-corrected chi connectivity index (χ1v) is 18.2. The van der Waals surface area contributed by atoms with Crippen LogP contribution in [0.1, 0.15) is 53.4 Å². The SMILES string of the molecule is CCCCC(CC)C(=O)OCCOCCOCCOCCOCCOCCOCCOCCOCCOCCOCCOCCOC(C)C. The largest absolute Gasteiger partial charge is 0.463 e. The van der Waals surface area contributed by atoms with Crippen molar-refractivity contribution in [2.24, 2.45) is 5.92 Å². The summed E-state index contributed by atoms with van der Waals surface area (Å²) in [7, 11) is 0. The van der Waals surface area contributed by atoms with Crippen LogP contribution in [0.2, 0.25) is 0 Å². The van der Waals surface area contributed by atoms with Crippen molar-refractivity contribution in [2.75, 3.05) is 159 Å². The summed E-state index contributed by atoms with van der Waals surface area (Å²) in [6.45, 7) is 20.1. The van der Waals surface area contributed by atoms with E-state index in [1.807, 2.05) is 20.8 Å². The molecule has 0 saturated carbocycles. The van der Waals surface area contributed by atoms with E-state index in [1.165, 1.54) is 0 Å². The molecule has 0 N–H and O–H groups in total. The molecule has 0 fully saturated rings. The molecular formula is C35H70O14. The van der Waals surface area contributed by atoms with Crippen LogP contribution in [0.5, 0.6) is 0 Å². The van der Waals surface area contributed by atoms with Gasteiger partial charge in [-0.2, -0.15) is 0 Å². The standard InChI is InChI=1S/C35H70O14/c1-5-7-8-34(6-2)35(36)49-32-30-47-28-26-45-24-22-43-20-18-41-16-14-39-12-10-37-9-11-38-13-15-40-17-19-42-21-23-44-25-27-46-29-31-48-33(3)4/h33-34H,5-32H2,1-4H3. The van der Waals surface area contributed by atoms with Crippen LogP contribution in [0.4, 0.5) is 0 Å². The van der Waals surface area contributed by atoms with Gasteiger partial charge in [-0.1, -0.05) is 26.7 Å². The van der Waals surface area contributed by atoms with E-state index in [2.05, 4.69) is 6.92 Å². The van der Waals surface area contributed by atoms with Gasteiger partial charge in [0.25, 0.3) is 0 Å². The lowest BCUT2D eigenvalue weighted by Gasteiger charge is -2.13. The van der Waals surface area contributed by atoms with Crippen LogP contribution in [0.3, 0.4) is 0 Å². The fourth-order valence-electron chi connectivity index (χ4n) is 3.90. The van der Waals surface area contributed by atoms with Gasteiger partial charge < -0.3 is 61.6 Å². The highest BCUT2D eigenvalue weighted by atomic mass is 16.6. The van der Waals surface area contributed by atoms with Gasteiger partial charge in [-0.15, -0.1) is 0 Å². The van der Waals surface area contributed by atoms with Gasteiger partial charge in [-0.05, 0) is 26.7 Å². The van der Waals surface area contributed by atoms with Crippen molar-refractivity contribution in [3.05, 3.63) is 0 Å². The van der Waals surface area contributed by atoms with Crippen molar-refractivity contribution >= 4 is 5.97 Å². The number of rotatable bonds is 42. The Labute approximate surface area is 296 Å². The monoisotopic (exact) mass is 714 g/mol. The van der Waals surface area contributed by atoms with E-state index in [4.69, 9.17) is 61.6 Å². The summed E-state index contributed by atoms with van der Waals surface area (Å²) in [5, 5.41) is 0. The van der Waals surface area contributed by atoms with Gasteiger partial charge in [0, 0.05) is 0 Å². The maximum absolute atomic E-state index is 12.0. The molecule has 14 heteroatoms. The predicted molar refractivity (Wildman–Crippen MR) is 184 cm³/mol. The highest BCUT2D eigenvalue weighted by Gasteiger charge is 2.16. The summed E-state index contributed by atoms with van der Waals surface area (Å²) in [4.78, 5) is 12.0. The zero-order valence-corrected chi connectivity index (χ0v) is 31.2. The maximum atomic E-state index is 12.0. The zero-order valence-electron chi connectivity index (χ0n) is 31.2. The quantitative estimate of drug-likeness (QED) is 0.0675. The number of ether oxygens (including phenoxy) is 13. The fourth-order valence-corrected chi connectivity index (χ4v) is 3.90. The van der Waals surface area contributed by atoms with Gasteiger partial charge in [-0.3, -0.25) is 4.79 Å². The lowest BCUT2D eigenvalue weighted by molar-refractivity contribution is -0.150. The fraction of sp³-hybridized carbons (Fsp3) is 0.971. The summed E-state index contributed by atoms with van der Waals surface area (Å²) < 4.78 is 70.8. The number of carbonyl (C=O) groups excluding carboxylic acids is 1. The highest BCUT2D eigenvalue weighted by molar-refractivity contribution is 5.72. The molecule has 14 nitrogen and oxygen atoms in total. The van der Waals surface area contributed by atoms with Crippen molar-refractivity contribution in [1.29, 1.82) is 0 Å². The molecule has 0 aliphatic rings. The molecule has 49 heavy (non-hydrogen) atoms. The van der Waals surface area contributed by atoms with Gasteiger partial charge >= 0.3 is 5.97 Å². The number of carbonyl (C=O) groups is 1. The van der Waals surface area contributed by atoms with E-state index in [0.717, 1.165) is 25.7 Å². The Bertz CT molecular complexity index is 643. The highest BCUT2D eigenvalue weighted by Crippen LogP contribution is 2.14. The topological polar surface area (TPSA) is 137 Å². The average molecular weight is 715 g/mol. The van der Waals surface area contributed by atoms with Crippen LogP contribution in [-0.2, 0) is 66.4 Å². The summed E-state index contributed by atoms with van der Waals surface area (Å²) in [6, 6.07) is 0. The molecular weight excluding hydrogens is 644 g/mol. The zero-order chi connectivity index (χ0) is 35.7. The van der Waals surface area contributed by atoms with E-state index in [0.29, 0.717) is 152 Å². The number of hydrogen-bond donors (Lipinski definition) is 0. The molecule has 0 rings (SSSR count). The predicted octanol–water partition coefficient (Wildman–Crippen LogP) is 3.35. The minimum absolute atomic E-state index is 0.00412. The normalized spacial score (nSPS) is 12.3. The molecule has 0 radical (unpaired) electrons. The molecule has 294 valence electrons. The summed E-state index contributed by atoms with van der Waals surface area (Å²) in [6.07, 6.45) is 4.06. The lowest BCUT2D eigenvalue weighted by atomic mass is 10.00. The number of hydrogen-bond acceptors (Lipinski definition) is 14. The van der Waals surface area contributed by atoms with E-state index in [1.54, 1.807) is 0 Å². The Morgan fingerprint density at radius 3 is 0.918 bits per heavy atom. The lowest BCUT2D eigenvalue weighted by Crippen LogP contribution is -2.20. The van der Waals surface area contributed by atoms with Crippen molar-refractivity contribution in [3.63, 3.8) is 0 Å². The molecule has 0 aromatic heterocycles. The summed E-state index contributed by atoms with van der Waals surface area (Å²) in [5.41, 5.74) is 0. The van der Waals surface area contributed by atoms with Gasteiger partial charge in [0.15, 0.2) is 0 Å². The van der Waals surface area contributed by atoms with Crippen LogP contribution in [-0.4, -0.2) is 171 Å². The molecule has 0 aromatic carbocycles. The second kappa shape index (κ2) is 41.4. The third kappa shape index (κ3) is 39.6. The van der Waals surface area contributed by atoms with E-state index in [-0.39, 0.29) is 24.6 Å². The second-order valence-electron chi connectivity index (χ2n) is 11.1. The molecule has 0 saturated heterocycles. The first-order valence-electron chi connectivity index (χ1n) is 18.2. The van der Waals surface area contributed by atoms with Gasteiger partial charge in [0.1, 0.15) is 6.61 Å². The van der Waals surface area contributed by atoms with Crippen molar-refractivity contribution in [1.82, 2.24) is 0 Å². The Balaban J connectivity index is 3.14. The molecule has 0 bridgehead atoms. The van der Waals surface area contributed by atoms with Crippen LogP contribution in [0.25, 0.3) is 0 Å². The van der Waals surface area contributed by atoms with Gasteiger partial charge in [0.05, 0.1) is 164 Å². The van der Waals surface area contributed by atoms with Crippen LogP contribution in [0.15, 0.2) is 0 Å². The Hall–Kier alpha value is -1.01. The van der Waals surface area contributed by atoms with E-state index < -0.39 is 0 Å². The van der Waals surface area contributed by atoms with Crippen molar-refractivity contribution in [3.8, 4) is 0 Å². The van der Waals surface area contributed by atoms with Crippen LogP contribution in [0, 0.1) is 5.92 Å². The minimum Gasteiger partial charge on any atom is -0.463 e. The average Bonchev–Trinajstić information content (AvgIpc) is 3.09. The minimum atomic E-state index is -0.120. The third-order valence-electron chi connectivity index (χ3n) is 6.60. The molecule has 0 heterocycles. The summed E-state index contributed by atoms with van der Waals surface area (Å²) >= 11 is 0. The Morgan fingerprint density at radius 2 is 0.673 bits per heavy atom. The number of esters is 1. The van der Waals surface area contributed by atoms with E-state index >= 15 is 0 Å². The Kier molecular flexibility index (Phi) is 40.6. The van der Waals surface area contributed by atoms with Crippen molar-refractivity contribution < 1.29 is 66.4 Å². The number of unbranched alkanes of at least 4 members (excludes halogenated alkanes) is 1. The molecule has 1 unspecified atom stereocenters. The second-order valence-corrected chi connectivity index (χ2v) is 11.1. The smallest absolute Gasteiger partial charge is 0.308 e. The Morgan fingerprint density at radius 1 is 0.408 bits per heavy atom. The first-order chi connectivity index (χ1) is 24.1. The van der Waals surface area contributed by atoms with Crippen LogP contribution < -0.4 is 0 Å². The van der Waals surface area contributed by atoms with Gasteiger partial charge in [0.2, 0.25) is 0 Å². The van der Waals surface area contributed by atoms with E-state index in [9.17, 15) is 4.79 Å². The van der Waals surface area contributed by atoms with Crippen LogP contribution >= 0.6 is 0 Å². The van der Waals surface area contributed by atoms with Gasteiger partial charge in [-0.25, -0.2) is 0 Å². The molecule has 0 amide bonds. The molecule has 0 aromatic rings. The molecule has 1 atom stereocenters. The summed E-state index contributed by atoms with van der Waals surface area (Å²) in [5.74, 6) is -0.124. The third-order valence-corrected chi connectivity index (χ3v) is 6.60. The first kappa shape index (κ1) is 48.0. The molecule has 0 aliphatic heterocycles. The molecule has 0 spiro atoms. The maximum Gasteiger partial charge on any atom is 0.308 e.